The lowest BCUT2D eigenvalue weighted by Gasteiger charge is -2.32. The van der Waals surface area contributed by atoms with E-state index in [0.29, 0.717) is 0 Å². The first-order valence-corrected chi connectivity index (χ1v) is 8.89. The van der Waals surface area contributed by atoms with Gasteiger partial charge in [0.25, 0.3) is 0 Å². The highest BCUT2D eigenvalue weighted by Crippen LogP contribution is 2.27. The van der Waals surface area contributed by atoms with Gasteiger partial charge in [0.15, 0.2) is 0 Å². The second-order valence-corrected chi connectivity index (χ2v) is 6.57. The molecule has 0 aliphatic carbocycles. The lowest BCUT2D eigenvalue weighted by molar-refractivity contribution is 0.180. The zero-order chi connectivity index (χ0) is 13.3. The minimum absolute atomic E-state index is 0.806. The SMILES string of the molecule is CCCCCCCCCNC1CCN2CCCCC12. The maximum Gasteiger partial charge on any atom is 0.0249 e. The number of nitrogens with one attached hydrogen (secondary N) is 1. The molecule has 2 unspecified atom stereocenters. The first-order valence-electron chi connectivity index (χ1n) is 8.89. The zero-order valence-electron chi connectivity index (χ0n) is 13.0. The van der Waals surface area contributed by atoms with Crippen LogP contribution in [0.25, 0.3) is 0 Å². The average Bonchev–Trinajstić information content (AvgIpc) is 2.85. The Kier molecular flexibility index (Phi) is 7.23. The van der Waals surface area contributed by atoms with Crippen LogP contribution in [0.15, 0.2) is 0 Å². The van der Waals surface area contributed by atoms with Gasteiger partial charge >= 0.3 is 0 Å². The molecule has 0 spiro atoms. The van der Waals surface area contributed by atoms with E-state index in [1.165, 1.54) is 90.3 Å². The molecule has 0 saturated carbocycles. The van der Waals surface area contributed by atoms with E-state index in [1.54, 1.807) is 0 Å². The lowest BCUT2D eigenvalue weighted by Crippen LogP contribution is -2.45. The zero-order valence-corrected chi connectivity index (χ0v) is 13.0. The van der Waals surface area contributed by atoms with Gasteiger partial charge in [0.2, 0.25) is 0 Å². The van der Waals surface area contributed by atoms with E-state index in [4.69, 9.17) is 0 Å². The van der Waals surface area contributed by atoms with Crippen molar-refractivity contribution >= 4 is 0 Å². The number of piperidine rings is 1. The lowest BCUT2D eigenvalue weighted by atomic mass is 9.99. The van der Waals surface area contributed by atoms with E-state index in [1.807, 2.05) is 0 Å². The topological polar surface area (TPSA) is 15.3 Å². The molecule has 2 nitrogen and oxygen atoms in total. The summed E-state index contributed by atoms with van der Waals surface area (Å²) < 4.78 is 0. The summed E-state index contributed by atoms with van der Waals surface area (Å²) in [7, 11) is 0. The summed E-state index contributed by atoms with van der Waals surface area (Å²) in [4.78, 5) is 2.73. The van der Waals surface area contributed by atoms with E-state index in [-0.39, 0.29) is 0 Å². The van der Waals surface area contributed by atoms with Crippen LogP contribution in [0.5, 0.6) is 0 Å². The Bertz CT molecular complexity index is 229. The molecule has 0 aromatic rings. The molecule has 2 heterocycles. The third-order valence-corrected chi connectivity index (χ3v) is 5.04. The van der Waals surface area contributed by atoms with Gasteiger partial charge in [0.1, 0.15) is 0 Å². The van der Waals surface area contributed by atoms with Crippen molar-refractivity contribution in [1.29, 1.82) is 0 Å². The van der Waals surface area contributed by atoms with Gasteiger partial charge < -0.3 is 5.32 Å². The predicted molar refractivity (Wildman–Crippen MR) is 83.6 cm³/mol. The van der Waals surface area contributed by atoms with Crippen LogP contribution < -0.4 is 5.32 Å². The Labute approximate surface area is 120 Å². The molecular weight excluding hydrogens is 232 g/mol. The summed E-state index contributed by atoms with van der Waals surface area (Å²) >= 11 is 0. The molecule has 1 N–H and O–H groups in total. The molecule has 0 radical (unpaired) electrons. The molecule has 0 bridgehead atoms. The Balaban J connectivity index is 1.47. The van der Waals surface area contributed by atoms with E-state index < -0.39 is 0 Å². The van der Waals surface area contributed by atoms with Crippen LogP contribution in [0.2, 0.25) is 0 Å². The molecule has 2 aliphatic rings. The van der Waals surface area contributed by atoms with Gasteiger partial charge in [-0.25, -0.2) is 0 Å². The third-order valence-electron chi connectivity index (χ3n) is 5.04. The van der Waals surface area contributed by atoms with Gasteiger partial charge in [-0.3, -0.25) is 4.90 Å². The minimum atomic E-state index is 0.806. The predicted octanol–water partition coefficient (Wildman–Crippen LogP) is 3.95. The van der Waals surface area contributed by atoms with Crippen molar-refractivity contribution in [2.45, 2.75) is 89.6 Å². The van der Waals surface area contributed by atoms with Crippen molar-refractivity contribution in [2.75, 3.05) is 19.6 Å². The highest BCUT2D eigenvalue weighted by Gasteiger charge is 2.34. The number of unbranched alkanes of at least 4 members (excludes halogenated alkanes) is 6. The van der Waals surface area contributed by atoms with Crippen LogP contribution in [0.4, 0.5) is 0 Å². The average molecular weight is 266 g/mol. The van der Waals surface area contributed by atoms with Crippen molar-refractivity contribution in [2.24, 2.45) is 0 Å². The monoisotopic (exact) mass is 266 g/mol. The van der Waals surface area contributed by atoms with E-state index in [9.17, 15) is 0 Å². The molecule has 19 heavy (non-hydrogen) atoms. The normalized spacial score (nSPS) is 27.6. The van der Waals surface area contributed by atoms with Crippen LogP contribution in [0.1, 0.15) is 77.6 Å². The third kappa shape index (κ3) is 5.07. The molecule has 0 amide bonds. The highest BCUT2D eigenvalue weighted by molar-refractivity contribution is 4.93. The van der Waals surface area contributed by atoms with Crippen LogP contribution in [-0.4, -0.2) is 36.6 Å². The largest absolute Gasteiger partial charge is 0.312 e. The van der Waals surface area contributed by atoms with Crippen molar-refractivity contribution in [1.82, 2.24) is 10.2 Å². The van der Waals surface area contributed by atoms with E-state index >= 15 is 0 Å². The number of hydrogen-bond acceptors (Lipinski definition) is 2. The van der Waals surface area contributed by atoms with E-state index in [0.717, 1.165) is 12.1 Å². The quantitative estimate of drug-likeness (QED) is 0.636. The number of nitrogens with zero attached hydrogens (tertiary/aromatic N) is 1. The fraction of sp³-hybridized carbons (Fsp3) is 1.00. The molecule has 0 aromatic heterocycles. The molecule has 2 aliphatic heterocycles. The summed E-state index contributed by atoms with van der Waals surface area (Å²) in [6, 6.07) is 1.68. The Morgan fingerprint density at radius 3 is 2.53 bits per heavy atom. The van der Waals surface area contributed by atoms with Crippen LogP contribution in [0.3, 0.4) is 0 Å². The molecule has 2 atom stereocenters. The molecular formula is C17H34N2. The number of fused-ring (bicyclic) bond motifs is 1. The van der Waals surface area contributed by atoms with Gasteiger partial charge in [-0.05, 0) is 38.8 Å². The Morgan fingerprint density at radius 2 is 1.68 bits per heavy atom. The maximum absolute atomic E-state index is 3.84. The van der Waals surface area contributed by atoms with Crippen LogP contribution in [0, 0.1) is 0 Å². The van der Waals surface area contributed by atoms with Gasteiger partial charge in [-0.15, -0.1) is 0 Å². The summed E-state index contributed by atoms with van der Waals surface area (Å²) in [6.07, 6.45) is 15.7. The molecule has 112 valence electrons. The van der Waals surface area contributed by atoms with Crippen molar-refractivity contribution < 1.29 is 0 Å². The fourth-order valence-electron chi connectivity index (χ4n) is 3.86. The van der Waals surface area contributed by atoms with Gasteiger partial charge in [-0.2, -0.15) is 0 Å². The Morgan fingerprint density at radius 1 is 0.895 bits per heavy atom. The maximum atomic E-state index is 3.84. The highest BCUT2D eigenvalue weighted by atomic mass is 15.2. The molecule has 2 rings (SSSR count). The molecule has 2 saturated heterocycles. The summed E-state index contributed by atoms with van der Waals surface area (Å²) in [5.41, 5.74) is 0. The van der Waals surface area contributed by atoms with Crippen LogP contribution >= 0.6 is 0 Å². The van der Waals surface area contributed by atoms with E-state index in [2.05, 4.69) is 17.1 Å². The molecule has 2 fully saturated rings. The summed E-state index contributed by atoms with van der Waals surface area (Å²) in [5, 5.41) is 3.84. The van der Waals surface area contributed by atoms with Crippen molar-refractivity contribution in [3.05, 3.63) is 0 Å². The van der Waals surface area contributed by atoms with Gasteiger partial charge in [0, 0.05) is 18.6 Å². The molecule has 0 aromatic carbocycles. The first kappa shape index (κ1) is 15.3. The second-order valence-electron chi connectivity index (χ2n) is 6.57. The first-order chi connectivity index (χ1) is 9.42. The summed E-state index contributed by atoms with van der Waals surface area (Å²) in [6.45, 7) is 6.25. The van der Waals surface area contributed by atoms with Gasteiger partial charge in [0.05, 0.1) is 0 Å². The second kappa shape index (κ2) is 8.97. The smallest absolute Gasteiger partial charge is 0.0249 e. The van der Waals surface area contributed by atoms with Gasteiger partial charge in [-0.1, -0.05) is 51.9 Å². The summed E-state index contributed by atoms with van der Waals surface area (Å²) in [5.74, 6) is 0. The van der Waals surface area contributed by atoms with Crippen molar-refractivity contribution in [3.8, 4) is 0 Å². The fourth-order valence-corrected chi connectivity index (χ4v) is 3.86. The van der Waals surface area contributed by atoms with Crippen LogP contribution in [-0.2, 0) is 0 Å². The Hall–Kier alpha value is -0.0800. The standard InChI is InChI=1S/C17H34N2/c1-2-3-4-5-6-7-9-13-18-16-12-15-19-14-10-8-11-17(16)19/h16-18H,2-15H2,1H3. The molecule has 2 heteroatoms. The minimum Gasteiger partial charge on any atom is -0.312 e. The number of hydrogen-bond donors (Lipinski definition) is 1. The number of rotatable bonds is 9. The van der Waals surface area contributed by atoms with Crippen molar-refractivity contribution in [3.63, 3.8) is 0 Å².